The second-order valence-corrected chi connectivity index (χ2v) is 14.9. The summed E-state index contributed by atoms with van der Waals surface area (Å²) in [6, 6.07) is 14.8. The van der Waals surface area contributed by atoms with E-state index >= 15 is 0 Å². The number of sulfonamides is 1. The largest absolute Gasteiger partial charge is 0.497 e. The molecule has 0 saturated carbocycles. The van der Waals surface area contributed by atoms with Gasteiger partial charge in [-0.25, -0.2) is 13.2 Å². The predicted molar refractivity (Wildman–Crippen MR) is 195 cm³/mol. The van der Waals surface area contributed by atoms with Gasteiger partial charge in [0.2, 0.25) is 6.79 Å². The highest BCUT2D eigenvalue weighted by Crippen LogP contribution is 2.34. The van der Waals surface area contributed by atoms with Crippen LogP contribution in [0.1, 0.15) is 50.4 Å². The van der Waals surface area contributed by atoms with E-state index in [4.69, 9.17) is 23.7 Å². The van der Waals surface area contributed by atoms with Crippen molar-refractivity contribution in [1.82, 2.24) is 9.80 Å². The van der Waals surface area contributed by atoms with Gasteiger partial charge in [0.05, 0.1) is 42.4 Å². The molecule has 2 aliphatic heterocycles. The highest BCUT2D eigenvalue weighted by Gasteiger charge is 2.31. The van der Waals surface area contributed by atoms with Gasteiger partial charge >= 0.3 is 6.03 Å². The van der Waals surface area contributed by atoms with Gasteiger partial charge in [0.25, 0.3) is 15.9 Å². The van der Waals surface area contributed by atoms with Crippen molar-refractivity contribution in [2.24, 2.45) is 5.92 Å². The molecule has 282 valence electrons. The lowest BCUT2D eigenvalue weighted by Gasteiger charge is -2.35. The van der Waals surface area contributed by atoms with Gasteiger partial charge in [0.1, 0.15) is 11.5 Å². The molecular weight excluding hydrogens is 692 g/mol. The topological polar surface area (TPSA) is 165 Å². The number of hydrogen-bond acceptors (Lipinski definition) is 10. The van der Waals surface area contributed by atoms with E-state index in [1.807, 2.05) is 13.8 Å². The number of carbonyl (C=O) groups is 2. The standard InChI is InChI=1S/C37H48N4O10S/c1-24-20-41(25(2)22-42)36(43)31-18-28(39-52(45,46)30-13-11-29(47-5)12-14-30)10-15-32(31)51-26(3)8-6-7-17-48-35(24)21-40(4)37(44)38-27-9-16-33-34(19-27)50-23-49-33/h9-16,18-19,24-26,35,39,42H,6-8,17,20-23H2,1-5H3,(H,38,44)/t24-,25+,26+,35+/m1/s1. The van der Waals surface area contributed by atoms with E-state index in [0.29, 0.717) is 41.7 Å². The van der Waals surface area contributed by atoms with Crippen LogP contribution in [-0.4, -0.2) is 101 Å². The fourth-order valence-corrected chi connectivity index (χ4v) is 7.01. The third kappa shape index (κ3) is 9.57. The van der Waals surface area contributed by atoms with Crippen molar-refractivity contribution < 1.29 is 46.8 Å². The molecule has 3 aromatic carbocycles. The highest BCUT2D eigenvalue weighted by molar-refractivity contribution is 7.92. The molecule has 0 unspecified atom stereocenters. The van der Waals surface area contributed by atoms with E-state index in [1.165, 1.54) is 35.1 Å². The van der Waals surface area contributed by atoms with Crippen molar-refractivity contribution in [3.05, 3.63) is 66.2 Å². The summed E-state index contributed by atoms with van der Waals surface area (Å²) in [4.78, 5) is 30.8. The van der Waals surface area contributed by atoms with Crippen molar-refractivity contribution in [1.29, 1.82) is 0 Å². The van der Waals surface area contributed by atoms with Crippen molar-refractivity contribution in [2.75, 3.05) is 57.3 Å². The molecule has 0 aromatic heterocycles. The minimum atomic E-state index is -4.01. The Labute approximate surface area is 305 Å². The highest BCUT2D eigenvalue weighted by atomic mass is 32.2. The first kappa shape index (κ1) is 38.5. The SMILES string of the molecule is COc1ccc(S(=O)(=O)Nc2ccc3c(c2)C(=O)N([C@@H](C)CO)C[C@@H](C)[C@H](CN(C)C(=O)Nc2ccc4c(c2)OCO4)OCCCC[C@H](C)O3)cc1. The van der Waals surface area contributed by atoms with Gasteiger partial charge in [-0.3, -0.25) is 9.52 Å². The Balaban J connectivity index is 1.38. The van der Waals surface area contributed by atoms with Gasteiger partial charge < -0.3 is 43.9 Å². The molecule has 3 aromatic rings. The Bertz CT molecular complexity index is 1810. The quantitative estimate of drug-likeness (QED) is 0.266. The molecule has 52 heavy (non-hydrogen) atoms. The zero-order chi connectivity index (χ0) is 37.4. The molecule has 3 amide bonds. The average molecular weight is 741 g/mol. The molecule has 0 saturated heterocycles. The lowest BCUT2D eigenvalue weighted by molar-refractivity contribution is -0.0115. The van der Waals surface area contributed by atoms with Gasteiger partial charge in [-0.15, -0.1) is 0 Å². The Morgan fingerprint density at radius 2 is 1.73 bits per heavy atom. The smallest absolute Gasteiger partial charge is 0.321 e. The first-order valence-electron chi connectivity index (χ1n) is 17.3. The van der Waals surface area contributed by atoms with Gasteiger partial charge in [-0.1, -0.05) is 6.92 Å². The Morgan fingerprint density at radius 3 is 2.46 bits per heavy atom. The predicted octanol–water partition coefficient (Wildman–Crippen LogP) is 5.18. The monoisotopic (exact) mass is 740 g/mol. The Kier molecular flexibility index (Phi) is 12.7. The number of hydrogen-bond donors (Lipinski definition) is 3. The number of benzene rings is 3. The summed E-state index contributed by atoms with van der Waals surface area (Å²) in [5.41, 5.74) is 0.862. The molecule has 5 rings (SSSR count). The van der Waals surface area contributed by atoms with Gasteiger partial charge in [-0.05, 0) is 87.7 Å². The number of urea groups is 1. The fraction of sp³-hybridized carbons (Fsp3) is 0.459. The molecule has 0 bridgehead atoms. The normalized spacial score (nSPS) is 20.2. The number of methoxy groups -OCH3 is 1. The van der Waals surface area contributed by atoms with E-state index in [9.17, 15) is 23.1 Å². The number of aliphatic hydroxyl groups is 1. The van der Waals surface area contributed by atoms with E-state index in [1.54, 1.807) is 56.4 Å². The number of anilines is 2. The maximum absolute atomic E-state index is 14.4. The molecule has 4 atom stereocenters. The molecule has 2 heterocycles. The molecule has 0 radical (unpaired) electrons. The number of rotatable bonds is 9. The molecule has 0 spiro atoms. The third-order valence-corrected chi connectivity index (χ3v) is 10.5. The maximum Gasteiger partial charge on any atom is 0.321 e. The summed E-state index contributed by atoms with van der Waals surface area (Å²) in [5, 5.41) is 13.2. The van der Waals surface area contributed by atoms with Gasteiger partial charge in [-0.2, -0.15) is 0 Å². The minimum Gasteiger partial charge on any atom is -0.497 e. The minimum absolute atomic E-state index is 0.0227. The number of ether oxygens (including phenoxy) is 5. The van der Waals surface area contributed by atoms with Crippen molar-refractivity contribution in [3.63, 3.8) is 0 Å². The van der Waals surface area contributed by atoms with Crippen LogP contribution in [0, 0.1) is 5.92 Å². The lowest BCUT2D eigenvalue weighted by Crippen LogP contribution is -2.48. The third-order valence-electron chi connectivity index (χ3n) is 9.10. The number of fused-ring (bicyclic) bond motifs is 2. The number of carbonyl (C=O) groups excluding carboxylic acids is 2. The van der Waals surface area contributed by atoms with Crippen LogP contribution >= 0.6 is 0 Å². The summed E-state index contributed by atoms with van der Waals surface area (Å²) < 4.78 is 57.7. The molecule has 0 fully saturated rings. The van der Waals surface area contributed by atoms with Crippen LogP contribution in [0.5, 0.6) is 23.0 Å². The van der Waals surface area contributed by atoms with E-state index < -0.39 is 28.1 Å². The summed E-state index contributed by atoms with van der Waals surface area (Å²) in [7, 11) is -0.845. The van der Waals surface area contributed by atoms with Crippen LogP contribution in [0.3, 0.4) is 0 Å². The summed E-state index contributed by atoms with van der Waals surface area (Å²) in [6.45, 7) is 6.21. The zero-order valence-corrected chi connectivity index (χ0v) is 31.0. The first-order valence-corrected chi connectivity index (χ1v) is 18.8. The van der Waals surface area contributed by atoms with Gasteiger partial charge in [0, 0.05) is 50.1 Å². The van der Waals surface area contributed by atoms with Crippen LogP contribution in [0.15, 0.2) is 65.6 Å². The molecule has 15 heteroatoms. The second kappa shape index (κ2) is 17.2. The number of aliphatic hydroxyl groups excluding tert-OH is 1. The second-order valence-electron chi connectivity index (χ2n) is 13.2. The molecule has 3 N–H and O–H groups in total. The number of likely N-dealkylation sites (N-methyl/N-ethyl adjacent to an activating group) is 1. The average Bonchev–Trinajstić information content (AvgIpc) is 3.60. The van der Waals surface area contributed by atoms with Crippen molar-refractivity contribution in [2.45, 2.75) is 63.2 Å². The van der Waals surface area contributed by atoms with Crippen molar-refractivity contribution >= 4 is 33.3 Å². The number of nitrogens with one attached hydrogen (secondary N) is 2. The summed E-state index contributed by atoms with van der Waals surface area (Å²) in [6.07, 6.45) is 1.49. The summed E-state index contributed by atoms with van der Waals surface area (Å²) >= 11 is 0. The van der Waals surface area contributed by atoms with E-state index in [-0.39, 0.29) is 60.7 Å². The van der Waals surface area contributed by atoms with E-state index in [2.05, 4.69) is 10.0 Å². The zero-order valence-electron chi connectivity index (χ0n) is 30.2. The maximum atomic E-state index is 14.4. The van der Waals surface area contributed by atoms with Gasteiger partial charge in [0.15, 0.2) is 11.5 Å². The molecular formula is C37H48N4O10S. The lowest BCUT2D eigenvalue weighted by atomic mass is 10.0. The van der Waals surface area contributed by atoms with Crippen LogP contribution in [0.2, 0.25) is 0 Å². The van der Waals surface area contributed by atoms with Crippen LogP contribution in [-0.2, 0) is 14.8 Å². The Morgan fingerprint density at radius 1 is 1.02 bits per heavy atom. The van der Waals surface area contributed by atoms with Crippen LogP contribution in [0.4, 0.5) is 16.2 Å². The summed E-state index contributed by atoms with van der Waals surface area (Å²) in [5.74, 6) is 1.23. The number of amides is 3. The molecule has 0 aliphatic carbocycles. The van der Waals surface area contributed by atoms with E-state index in [0.717, 1.165) is 12.8 Å². The Hall–Kier alpha value is -4.73. The molecule has 14 nitrogen and oxygen atoms in total. The molecule has 2 aliphatic rings. The fourth-order valence-electron chi connectivity index (χ4n) is 5.96. The number of nitrogens with zero attached hydrogens (tertiary/aromatic N) is 2. The van der Waals surface area contributed by atoms with Crippen molar-refractivity contribution in [3.8, 4) is 23.0 Å². The van der Waals surface area contributed by atoms with Crippen LogP contribution < -0.4 is 29.0 Å². The van der Waals surface area contributed by atoms with Crippen LogP contribution in [0.25, 0.3) is 0 Å². The first-order chi connectivity index (χ1) is 24.9.